The molecule has 0 radical (unpaired) electrons. The summed E-state index contributed by atoms with van der Waals surface area (Å²) < 4.78 is 19.6. The number of fused-ring (bicyclic) bond motifs is 4. The Morgan fingerprint density at radius 1 is 1.23 bits per heavy atom. The minimum absolute atomic E-state index is 0.00717. The Balaban J connectivity index is 1.68. The van der Waals surface area contributed by atoms with E-state index in [2.05, 4.69) is 0 Å². The third kappa shape index (κ3) is 2.25. The smallest absolute Gasteiger partial charge is 0.404 e. The Bertz CT molecular complexity index is 961. The Kier molecular flexibility index (Phi) is 4.27. The second-order valence-corrected chi connectivity index (χ2v) is 9.32. The first kappa shape index (κ1) is 21.0. The molecule has 31 heavy (non-hydrogen) atoms. The number of carbonyl (C=O) groups is 4. The zero-order valence-electron chi connectivity index (χ0n) is 16.6. The van der Waals surface area contributed by atoms with Crippen molar-refractivity contribution in [1.82, 2.24) is 9.80 Å². The molecule has 1 aliphatic carbocycles. The topological polar surface area (TPSA) is 137 Å². The maximum Gasteiger partial charge on any atom is 0.404 e. The molecular weight excluding hydrogens is 457 g/mol. The van der Waals surface area contributed by atoms with Gasteiger partial charge >= 0.3 is 6.09 Å². The van der Waals surface area contributed by atoms with Crippen LogP contribution in [0.25, 0.3) is 0 Å². The number of piperazine rings is 1. The van der Waals surface area contributed by atoms with Crippen molar-refractivity contribution in [1.29, 1.82) is 0 Å². The lowest BCUT2D eigenvalue weighted by atomic mass is 9.80. The summed E-state index contributed by atoms with van der Waals surface area (Å²) >= 11 is 12.8. The van der Waals surface area contributed by atoms with E-state index in [1.807, 2.05) is 0 Å². The van der Waals surface area contributed by atoms with Gasteiger partial charge in [0, 0.05) is 26.2 Å². The van der Waals surface area contributed by atoms with Crippen LogP contribution in [0.15, 0.2) is 11.3 Å². The Labute approximate surface area is 186 Å². The predicted molar refractivity (Wildman–Crippen MR) is 102 cm³/mol. The van der Waals surface area contributed by atoms with Gasteiger partial charge in [-0.1, -0.05) is 23.2 Å². The standard InChI is InChI=1S/C18H19Cl2N3O8/c1-7(24)23-9-5-22-11-10(8(6-29-15(21)27)16(22,28-2)12(9)23)13(25)18(30-3-4-31-18)17(19,20)14(11)26/h8-9,12H,3-6H2,1-2H3,(H2,21,27)/t8-,9+,12+,16-,23?/m1/s1. The molecule has 0 aromatic rings. The molecule has 0 saturated carbocycles. The molecule has 11 nitrogen and oxygen atoms in total. The summed E-state index contributed by atoms with van der Waals surface area (Å²) in [5.41, 5.74) is 3.74. The fraction of sp³-hybridized carbons (Fsp3) is 0.667. The molecule has 4 atom stereocenters. The van der Waals surface area contributed by atoms with E-state index >= 15 is 0 Å². The van der Waals surface area contributed by atoms with E-state index in [-0.39, 0.29) is 49.6 Å². The number of alkyl halides is 2. The molecule has 3 fully saturated rings. The van der Waals surface area contributed by atoms with Gasteiger partial charge in [-0.2, -0.15) is 0 Å². The highest BCUT2D eigenvalue weighted by atomic mass is 35.5. The van der Waals surface area contributed by atoms with E-state index in [9.17, 15) is 19.2 Å². The number of hydrogen-bond donors (Lipinski definition) is 1. The van der Waals surface area contributed by atoms with E-state index in [4.69, 9.17) is 47.9 Å². The van der Waals surface area contributed by atoms with Gasteiger partial charge in [-0.05, 0) is 0 Å². The fourth-order valence-electron chi connectivity index (χ4n) is 5.63. The Hall–Kier alpha value is -1.92. The second-order valence-electron chi connectivity index (χ2n) is 8.00. The average molecular weight is 476 g/mol. The minimum Gasteiger partial charge on any atom is -0.449 e. The molecule has 13 heteroatoms. The van der Waals surface area contributed by atoms with Crippen molar-refractivity contribution in [3.05, 3.63) is 11.3 Å². The first-order valence-corrected chi connectivity index (χ1v) is 10.3. The molecule has 4 heterocycles. The van der Waals surface area contributed by atoms with Crippen LogP contribution < -0.4 is 5.73 Å². The van der Waals surface area contributed by atoms with Crippen LogP contribution in [0.5, 0.6) is 0 Å². The minimum atomic E-state index is -2.34. The largest absolute Gasteiger partial charge is 0.449 e. The number of ether oxygens (including phenoxy) is 4. The normalized spacial score (nSPS) is 36.6. The number of primary amides is 1. The van der Waals surface area contributed by atoms with Gasteiger partial charge in [-0.25, -0.2) is 4.79 Å². The van der Waals surface area contributed by atoms with Crippen LogP contribution in [-0.4, -0.2) is 94.8 Å². The van der Waals surface area contributed by atoms with Crippen LogP contribution in [0.2, 0.25) is 0 Å². The second kappa shape index (κ2) is 6.32. The van der Waals surface area contributed by atoms with Crippen LogP contribution >= 0.6 is 23.2 Å². The van der Waals surface area contributed by atoms with Crippen molar-refractivity contribution in [2.45, 2.75) is 34.9 Å². The van der Waals surface area contributed by atoms with Gasteiger partial charge in [0.05, 0.1) is 30.9 Å². The Morgan fingerprint density at radius 3 is 2.42 bits per heavy atom. The fourth-order valence-corrected chi connectivity index (χ4v) is 6.20. The summed E-state index contributed by atoms with van der Waals surface area (Å²) in [6.07, 6.45) is -1.07. The van der Waals surface area contributed by atoms with Crippen LogP contribution in [0.4, 0.5) is 4.79 Å². The summed E-state index contributed by atoms with van der Waals surface area (Å²) in [6, 6.07) is -0.732. The highest BCUT2D eigenvalue weighted by Crippen LogP contribution is 2.62. The number of hydrogen-bond acceptors (Lipinski definition) is 9. The van der Waals surface area contributed by atoms with Gasteiger partial charge in [0.25, 0.3) is 5.79 Å². The van der Waals surface area contributed by atoms with Crippen LogP contribution in [0.1, 0.15) is 6.92 Å². The molecule has 5 aliphatic rings. The van der Waals surface area contributed by atoms with Gasteiger partial charge in [-0.3, -0.25) is 14.4 Å². The SMILES string of the molecule is CO[C@@]12[C@H](COC(N)=O)C3=C(C(=O)C(Cl)(Cl)C4(OCCO4)C3=O)N1C[C@H]1[C@@H]2N1C(C)=O. The van der Waals surface area contributed by atoms with Gasteiger partial charge in [0.1, 0.15) is 12.6 Å². The van der Waals surface area contributed by atoms with Crippen molar-refractivity contribution in [2.24, 2.45) is 11.7 Å². The average Bonchev–Trinajstić information content (AvgIpc) is 3.04. The quantitative estimate of drug-likeness (QED) is 0.414. The lowest BCUT2D eigenvalue weighted by molar-refractivity contribution is -0.185. The van der Waals surface area contributed by atoms with Crippen LogP contribution in [0.3, 0.4) is 0 Å². The molecule has 0 aromatic carbocycles. The number of allylic oxidation sites excluding steroid dienone is 1. The lowest BCUT2D eigenvalue weighted by Crippen LogP contribution is -2.62. The molecule has 3 saturated heterocycles. The Morgan fingerprint density at radius 2 is 1.87 bits per heavy atom. The monoisotopic (exact) mass is 475 g/mol. The number of amides is 2. The molecule has 4 aliphatic heterocycles. The van der Waals surface area contributed by atoms with Gasteiger partial charge < -0.3 is 34.5 Å². The summed E-state index contributed by atoms with van der Waals surface area (Å²) in [4.78, 5) is 53.9. The third-order valence-electron chi connectivity index (χ3n) is 6.75. The van der Waals surface area contributed by atoms with Crippen molar-refractivity contribution in [2.75, 3.05) is 33.5 Å². The zero-order chi connectivity index (χ0) is 22.5. The highest BCUT2D eigenvalue weighted by Gasteiger charge is 2.81. The predicted octanol–water partition coefficient (Wildman–Crippen LogP) is -0.708. The van der Waals surface area contributed by atoms with Gasteiger partial charge in [0.2, 0.25) is 21.8 Å². The van der Waals surface area contributed by atoms with E-state index in [1.165, 1.54) is 14.0 Å². The number of methoxy groups -OCH3 is 1. The number of carbonyl (C=O) groups excluding carboxylic acids is 4. The third-order valence-corrected chi connectivity index (χ3v) is 7.59. The highest BCUT2D eigenvalue weighted by molar-refractivity contribution is 6.63. The zero-order valence-corrected chi connectivity index (χ0v) is 18.1. The van der Waals surface area contributed by atoms with E-state index in [0.29, 0.717) is 0 Å². The number of nitrogens with two attached hydrogens (primary N) is 1. The number of Topliss-reactive ketones (excluding diaryl/α,β-unsaturated/α-hetero) is 2. The van der Waals surface area contributed by atoms with E-state index in [0.717, 1.165) is 0 Å². The molecule has 2 amide bonds. The lowest BCUT2D eigenvalue weighted by Gasteiger charge is -2.41. The van der Waals surface area contributed by atoms with Gasteiger partial charge in [-0.15, -0.1) is 0 Å². The van der Waals surface area contributed by atoms with Crippen molar-refractivity contribution in [3.63, 3.8) is 0 Å². The molecule has 168 valence electrons. The molecule has 2 N–H and O–H groups in total. The number of nitrogens with zero attached hydrogens (tertiary/aromatic N) is 2. The maximum atomic E-state index is 13.7. The first-order valence-electron chi connectivity index (χ1n) is 9.59. The van der Waals surface area contributed by atoms with E-state index < -0.39 is 45.5 Å². The number of rotatable bonds is 3. The maximum absolute atomic E-state index is 13.7. The summed E-state index contributed by atoms with van der Waals surface area (Å²) in [5, 5.41) is 0. The molecule has 0 bridgehead atoms. The first-order chi connectivity index (χ1) is 14.6. The van der Waals surface area contributed by atoms with E-state index in [1.54, 1.807) is 9.80 Å². The van der Waals surface area contributed by atoms with Gasteiger partial charge in [0.15, 0.2) is 5.72 Å². The van der Waals surface area contributed by atoms with Crippen molar-refractivity contribution in [3.8, 4) is 0 Å². The number of halogens is 2. The van der Waals surface area contributed by atoms with Crippen molar-refractivity contribution >= 4 is 46.8 Å². The molecule has 1 spiro atoms. The van der Waals surface area contributed by atoms with Crippen LogP contribution in [-0.2, 0) is 33.3 Å². The summed E-state index contributed by atoms with van der Waals surface area (Å²) in [5.74, 6) is -4.92. The molecule has 0 aromatic heterocycles. The summed E-state index contributed by atoms with van der Waals surface area (Å²) in [7, 11) is 1.39. The molecule has 0 unspecified atom stereocenters. The molecular formula is C18H19Cl2N3O8. The summed E-state index contributed by atoms with van der Waals surface area (Å²) in [6.45, 7) is 1.26. The number of ketones is 2. The van der Waals surface area contributed by atoms with Crippen LogP contribution in [0, 0.1) is 5.92 Å². The molecule has 5 rings (SSSR count). The van der Waals surface area contributed by atoms with Crippen molar-refractivity contribution < 1.29 is 38.1 Å².